The van der Waals surface area contributed by atoms with Crippen LogP contribution in [0.15, 0.2) is 0 Å². The van der Waals surface area contributed by atoms with Crippen LogP contribution in [0.5, 0.6) is 0 Å². The molecule has 0 spiro atoms. The number of hydrogen-bond acceptors (Lipinski definition) is 4. The zero-order chi connectivity index (χ0) is 11.5. The van der Waals surface area contributed by atoms with Crippen LogP contribution < -0.4 is 4.72 Å². The van der Waals surface area contributed by atoms with Crippen molar-refractivity contribution in [2.45, 2.75) is 26.0 Å². The van der Waals surface area contributed by atoms with Gasteiger partial charge in [-0.25, -0.2) is 4.72 Å². The lowest BCUT2D eigenvalue weighted by molar-refractivity contribution is -0.0519. The van der Waals surface area contributed by atoms with Gasteiger partial charge in [-0.2, -0.15) is 12.7 Å². The van der Waals surface area contributed by atoms with Crippen LogP contribution in [0.2, 0.25) is 0 Å². The quantitative estimate of drug-likeness (QED) is 0.653. The van der Waals surface area contributed by atoms with E-state index in [0.29, 0.717) is 13.2 Å². The molecule has 1 fully saturated rings. The molecule has 0 aliphatic carbocycles. The minimum Gasteiger partial charge on any atom is -0.394 e. The standard InChI is InChI=1S/C8H18N2O4S/c1-3-9-15(12,13)10-4-8(5-11)14-6-7(10)2/h7-9,11H,3-6H2,1-2H3. The number of ether oxygens (including phenoxy) is 1. The molecule has 1 heterocycles. The third-order valence-electron chi connectivity index (χ3n) is 2.29. The largest absolute Gasteiger partial charge is 0.394 e. The van der Waals surface area contributed by atoms with Gasteiger partial charge in [-0.1, -0.05) is 6.92 Å². The summed E-state index contributed by atoms with van der Waals surface area (Å²) in [5.74, 6) is 0. The van der Waals surface area contributed by atoms with Crippen molar-refractivity contribution >= 4 is 10.2 Å². The van der Waals surface area contributed by atoms with E-state index in [9.17, 15) is 8.42 Å². The fourth-order valence-corrected chi connectivity index (χ4v) is 2.93. The smallest absolute Gasteiger partial charge is 0.279 e. The molecule has 2 N–H and O–H groups in total. The van der Waals surface area contributed by atoms with Crippen molar-refractivity contribution in [2.24, 2.45) is 0 Å². The van der Waals surface area contributed by atoms with Crippen molar-refractivity contribution < 1.29 is 18.3 Å². The number of nitrogens with one attached hydrogen (secondary N) is 1. The maximum Gasteiger partial charge on any atom is 0.279 e. The fourth-order valence-electron chi connectivity index (χ4n) is 1.50. The molecular formula is C8H18N2O4S. The highest BCUT2D eigenvalue weighted by molar-refractivity contribution is 7.87. The second kappa shape index (κ2) is 5.22. The van der Waals surface area contributed by atoms with Gasteiger partial charge in [0, 0.05) is 19.1 Å². The molecule has 0 bridgehead atoms. The number of aliphatic hydroxyl groups excluding tert-OH is 1. The van der Waals surface area contributed by atoms with E-state index in [-0.39, 0.29) is 19.2 Å². The first kappa shape index (κ1) is 12.9. The average Bonchev–Trinajstić information content (AvgIpc) is 2.18. The summed E-state index contributed by atoms with van der Waals surface area (Å²) in [6, 6.07) is -0.197. The Balaban J connectivity index is 2.73. The number of morpholine rings is 1. The topological polar surface area (TPSA) is 78.9 Å². The molecule has 1 aliphatic heterocycles. The van der Waals surface area contributed by atoms with Crippen LogP contribution in [0.4, 0.5) is 0 Å². The first-order chi connectivity index (χ1) is 7.01. The zero-order valence-corrected chi connectivity index (χ0v) is 9.83. The van der Waals surface area contributed by atoms with Gasteiger partial charge in [0.1, 0.15) is 0 Å². The molecule has 1 rings (SSSR count). The van der Waals surface area contributed by atoms with Gasteiger partial charge in [0.05, 0.1) is 19.3 Å². The van der Waals surface area contributed by atoms with Crippen LogP contribution in [-0.4, -0.2) is 56.3 Å². The van der Waals surface area contributed by atoms with E-state index in [1.54, 1.807) is 13.8 Å². The summed E-state index contributed by atoms with van der Waals surface area (Å²) in [6.45, 7) is 4.22. The Bertz CT molecular complexity index is 293. The van der Waals surface area contributed by atoms with Crippen LogP contribution in [0, 0.1) is 0 Å². The van der Waals surface area contributed by atoms with Crippen molar-refractivity contribution in [3.05, 3.63) is 0 Å². The lowest BCUT2D eigenvalue weighted by Crippen LogP contribution is -2.55. The van der Waals surface area contributed by atoms with E-state index < -0.39 is 16.3 Å². The zero-order valence-electron chi connectivity index (χ0n) is 9.01. The minimum atomic E-state index is -3.43. The molecular weight excluding hydrogens is 220 g/mol. The molecule has 2 unspecified atom stereocenters. The van der Waals surface area contributed by atoms with E-state index in [2.05, 4.69) is 4.72 Å². The molecule has 0 aromatic carbocycles. The highest BCUT2D eigenvalue weighted by atomic mass is 32.2. The van der Waals surface area contributed by atoms with Crippen LogP contribution in [0.1, 0.15) is 13.8 Å². The number of rotatable bonds is 4. The lowest BCUT2D eigenvalue weighted by atomic mass is 10.2. The van der Waals surface area contributed by atoms with Crippen molar-refractivity contribution in [1.29, 1.82) is 0 Å². The van der Waals surface area contributed by atoms with E-state index in [1.807, 2.05) is 0 Å². The molecule has 90 valence electrons. The first-order valence-corrected chi connectivity index (χ1v) is 6.44. The highest BCUT2D eigenvalue weighted by Crippen LogP contribution is 2.14. The molecule has 0 aromatic heterocycles. The summed E-state index contributed by atoms with van der Waals surface area (Å²) < 4.78 is 32.5. The summed E-state index contributed by atoms with van der Waals surface area (Å²) in [7, 11) is -3.43. The van der Waals surface area contributed by atoms with Crippen LogP contribution in [-0.2, 0) is 14.9 Å². The van der Waals surface area contributed by atoms with E-state index in [1.165, 1.54) is 4.31 Å². The van der Waals surface area contributed by atoms with Crippen molar-refractivity contribution in [3.63, 3.8) is 0 Å². The van der Waals surface area contributed by atoms with E-state index in [0.717, 1.165) is 0 Å². The molecule has 6 nitrogen and oxygen atoms in total. The van der Waals surface area contributed by atoms with Gasteiger partial charge in [0.25, 0.3) is 10.2 Å². The maximum absolute atomic E-state index is 11.7. The van der Waals surface area contributed by atoms with Gasteiger partial charge in [-0.05, 0) is 6.92 Å². The van der Waals surface area contributed by atoms with Crippen LogP contribution >= 0.6 is 0 Å². The van der Waals surface area contributed by atoms with Crippen molar-refractivity contribution in [3.8, 4) is 0 Å². The summed E-state index contributed by atoms with van der Waals surface area (Å²) in [5, 5.41) is 8.92. The van der Waals surface area contributed by atoms with E-state index in [4.69, 9.17) is 9.84 Å². The van der Waals surface area contributed by atoms with Gasteiger partial charge < -0.3 is 9.84 Å². The second-order valence-electron chi connectivity index (χ2n) is 3.56. The summed E-state index contributed by atoms with van der Waals surface area (Å²) >= 11 is 0. The molecule has 1 saturated heterocycles. The molecule has 0 aromatic rings. The maximum atomic E-state index is 11.7. The molecule has 0 amide bonds. The SMILES string of the molecule is CCNS(=O)(=O)N1CC(CO)OCC1C. The van der Waals surface area contributed by atoms with Crippen LogP contribution in [0.3, 0.4) is 0 Å². The number of aliphatic hydroxyl groups is 1. The average molecular weight is 238 g/mol. The second-order valence-corrected chi connectivity index (χ2v) is 5.27. The van der Waals surface area contributed by atoms with Gasteiger partial charge in [-0.15, -0.1) is 0 Å². The molecule has 15 heavy (non-hydrogen) atoms. The fraction of sp³-hybridized carbons (Fsp3) is 1.00. The minimum absolute atomic E-state index is 0.162. The lowest BCUT2D eigenvalue weighted by Gasteiger charge is -2.36. The Morgan fingerprint density at radius 1 is 1.60 bits per heavy atom. The Morgan fingerprint density at radius 3 is 2.80 bits per heavy atom. The molecule has 2 atom stereocenters. The molecule has 7 heteroatoms. The molecule has 0 saturated carbocycles. The van der Waals surface area contributed by atoms with Gasteiger partial charge in [0.2, 0.25) is 0 Å². The number of nitrogens with zero attached hydrogens (tertiary/aromatic N) is 1. The molecule has 0 radical (unpaired) electrons. The Hall–Kier alpha value is -0.210. The van der Waals surface area contributed by atoms with Crippen molar-refractivity contribution in [1.82, 2.24) is 9.03 Å². The van der Waals surface area contributed by atoms with Gasteiger partial charge in [0.15, 0.2) is 0 Å². The summed E-state index contributed by atoms with van der Waals surface area (Å²) in [6.07, 6.45) is -0.422. The third-order valence-corrected chi connectivity index (χ3v) is 4.07. The number of hydrogen-bond donors (Lipinski definition) is 2. The Morgan fingerprint density at radius 2 is 2.27 bits per heavy atom. The van der Waals surface area contributed by atoms with Crippen LogP contribution in [0.25, 0.3) is 0 Å². The van der Waals surface area contributed by atoms with Gasteiger partial charge in [-0.3, -0.25) is 0 Å². The molecule has 1 aliphatic rings. The first-order valence-electron chi connectivity index (χ1n) is 5.00. The third kappa shape index (κ3) is 3.12. The Kier molecular flexibility index (Phi) is 4.47. The summed E-state index contributed by atoms with van der Waals surface area (Å²) in [4.78, 5) is 0. The predicted octanol–water partition coefficient (Wildman–Crippen LogP) is -1.08. The Labute approximate surface area is 90.4 Å². The summed E-state index contributed by atoms with van der Waals surface area (Å²) in [5.41, 5.74) is 0. The monoisotopic (exact) mass is 238 g/mol. The normalized spacial score (nSPS) is 29.3. The van der Waals surface area contributed by atoms with E-state index >= 15 is 0 Å². The van der Waals surface area contributed by atoms with Crippen molar-refractivity contribution in [2.75, 3.05) is 26.3 Å². The highest BCUT2D eigenvalue weighted by Gasteiger charge is 2.33. The van der Waals surface area contributed by atoms with Gasteiger partial charge >= 0.3 is 0 Å². The predicted molar refractivity (Wildman–Crippen MR) is 55.6 cm³/mol.